The number of carbonyl (C=O) groups excluding carboxylic acids is 1. The topological polar surface area (TPSA) is 17.1 Å². The molecular formula is C17H16BrFO. The molecule has 0 spiro atoms. The van der Waals surface area contributed by atoms with Crippen molar-refractivity contribution in [3.05, 3.63) is 67.9 Å². The lowest BCUT2D eigenvalue weighted by Gasteiger charge is -2.14. The molecule has 0 heterocycles. The van der Waals surface area contributed by atoms with Crippen LogP contribution in [0.1, 0.15) is 38.2 Å². The van der Waals surface area contributed by atoms with E-state index in [1.807, 2.05) is 27.7 Å². The molecule has 2 aromatic rings. The van der Waals surface area contributed by atoms with Gasteiger partial charge in [-0.25, -0.2) is 4.39 Å². The van der Waals surface area contributed by atoms with Crippen LogP contribution in [0.3, 0.4) is 0 Å². The van der Waals surface area contributed by atoms with Crippen molar-refractivity contribution in [3.63, 3.8) is 0 Å². The first-order valence-electron chi connectivity index (χ1n) is 6.40. The molecular weight excluding hydrogens is 319 g/mol. The Labute approximate surface area is 127 Å². The van der Waals surface area contributed by atoms with E-state index in [1.165, 1.54) is 18.2 Å². The average Bonchev–Trinajstić information content (AvgIpc) is 2.40. The molecule has 0 fully saturated rings. The SMILES string of the molecule is Cc1cc(C)c(C)c(C(=O)c2ccc(F)c(Br)c2)c1C. The Balaban J connectivity index is 2.62. The van der Waals surface area contributed by atoms with Crippen LogP contribution in [0, 0.1) is 33.5 Å². The highest BCUT2D eigenvalue weighted by atomic mass is 79.9. The standard InChI is InChI=1S/C17H16BrFO/c1-9-7-10(2)12(4)16(11(9)3)17(20)13-5-6-15(19)14(18)8-13/h5-8H,1-4H3. The minimum Gasteiger partial charge on any atom is -0.289 e. The van der Waals surface area contributed by atoms with Gasteiger partial charge in [-0.15, -0.1) is 0 Å². The van der Waals surface area contributed by atoms with Gasteiger partial charge in [-0.1, -0.05) is 6.07 Å². The Hall–Kier alpha value is -1.48. The fourth-order valence-electron chi connectivity index (χ4n) is 2.34. The molecule has 1 nitrogen and oxygen atoms in total. The molecule has 0 saturated carbocycles. The molecule has 0 amide bonds. The zero-order chi connectivity index (χ0) is 15.0. The minimum atomic E-state index is -0.365. The van der Waals surface area contributed by atoms with Crippen LogP contribution in [0.5, 0.6) is 0 Å². The summed E-state index contributed by atoms with van der Waals surface area (Å²) in [4.78, 5) is 12.7. The van der Waals surface area contributed by atoms with Gasteiger partial charge in [0.2, 0.25) is 0 Å². The number of hydrogen-bond acceptors (Lipinski definition) is 1. The molecule has 0 aromatic heterocycles. The van der Waals surface area contributed by atoms with Crippen molar-refractivity contribution in [2.24, 2.45) is 0 Å². The number of ketones is 1. The van der Waals surface area contributed by atoms with Gasteiger partial charge in [-0.3, -0.25) is 4.79 Å². The molecule has 2 aromatic carbocycles. The van der Waals surface area contributed by atoms with E-state index >= 15 is 0 Å². The summed E-state index contributed by atoms with van der Waals surface area (Å²) in [5.74, 6) is -0.428. The van der Waals surface area contributed by atoms with Crippen molar-refractivity contribution in [1.29, 1.82) is 0 Å². The first kappa shape index (κ1) is 14.9. The minimum absolute atomic E-state index is 0.0625. The zero-order valence-electron chi connectivity index (χ0n) is 12.0. The number of rotatable bonds is 2. The summed E-state index contributed by atoms with van der Waals surface area (Å²) >= 11 is 3.13. The number of aryl methyl sites for hydroxylation is 2. The maximum atomic E-state index is 13.3. The Bertz CT molecular complexity index is 678. The lowest BCUT2D eigenvalue weighted by atomic mass is 9.89. The van der Waals surface area contributed by atoms with E-state index in [9.17, 15) is 9.18 Å². The smallest absolute Gasteiger partial charge is 0.193 e. The van der Waals surface area contributed by atoms with E-state index in [0.717, 1.165) is 27.8 Å². The monoisotopic (exact) mass is 334 g/mol. The Morgan fingerprint density at radius 3 is 2.05 bits per heavy atom. The van der Waals surface area contributed by atoms with E-state index in [2.05, 4.69) is 22.0 Å². The third-order valence-corrected chi connectivity index (χ3v) is 4.38. The maximum Gasteiger partial charge on any atom is 0.193 e. The Morgan fingerprint density at radius 1 is 1.00 bits per heavy atom. The fraction of sp³-hybridized carbons (Fsp3) is 0.235. The highest BCUT2D eigenvalue weighted by Crippen LogP contribution is 2.26. The maximum absolute atomic E-state index is 13.3. The second-order valence-corrected chi connectivity index (χ2v) is 5.95. The van der Waals surface area contributed by atoms with Crippen molar-refractivity contribution < 1.29 is 9.18 Å². The van der Waals surface area contributed by atoms with E-state index in [4.69, 9.17) is 0 Å². The highest BCUT2D eigenvalue weighted by Gasteiger charge is 2.18. The Morgan fingerprint density at radius 2 is 1.55 bits per heavy atom. The molecule has 0 aliphatic carbocycles. The summed E-state index contributed by atoms with van der Waals surface area (Å²) in [7, 11) is 0. The number of hydrogen-bond donors (Lipinski definition) is 0. The summed E-state index contributed by atoms with van der Waals surface area (Å²) in [6, 6.07) is 6.46. The van der Waals surface area contributed by atoms with Crippen LogP contribution in [-0.2, 0) is 0 Å². The number of benzene rings is 2. The second-order valence-electron chi connectivity index (χ2n) is 5.09. The summed E-state index contributed by atoms with van der Waals surface area (Å²) < 4.78 is 13.6. The van der Waals surface area contributed by atoms with Crippen LogP contribution < -0.4 is 0 Å². The summed E-state index contributed by atoms with van der Waals surface area (Å²) in [6.45, 7) is 7.90. The predicted octanol–water partition coefficient (Wildman–Crippen LogP) is 5.05. The van der Waals surface area contributed by atoms with E-state index in [0.29, 0.717) is 10.0 Å². The molecule has 0 aliphatic heterocycles. The van der Waals surface area contributed by atoms with Crippen molar-refractivity contribution in [1.82, 2.24) is 0 Å². The summed E-state index contributed by atoms with van der Waals surface area (Å²) in [5, 5.41) is 0. The van der Waals surface area contributed by atoms with Crippen LogP contribution in [0.2, 0.25) is 0 Å². The molecule has 0 unspecified atom stereocenters. The lowest BCUT2D eigenvalue weighted by Crippen LogP contribution is -2.09. The third kappa shape index (κ3) is 2.55. The van der Waals surface area contributed by atoms with Gasteiger partial charge in [0.15, 0.2) is 5.78 Å². The largest absolute Gasteiger partial charge is 0.289 e. The van der Waals surface area contributed by atoms with Crippen LogP contribution in [0.25, 0.3) is 0 Å². The van der Waals surface area contributed by atoms with Crippen LogP contribution in [0.4, 0.5) is 4.39 Å². The second kappa shape index (κ2) is 5.49. The Kier molecular flexibility index (Phi) is 4.09. The first-order chi connectivity index (χ1) is 9.32. The number of halogens is 2. The van der Waals surface area contributed by atoms with Gasteiger partial charge in [0.1, 0.15) is 5.82 Å². The normalized spacial score (nSPS) is 10.7. The molecule has 0 aliphatic rings. The van der Waals surface area contributed by atoms with Gasteiger partial charge in [0, 0.05) is 11.1 Å². The molecule has 0 N–H and O–H groups in total. The van der Waals surface area contributed by atoms with Crippen LogP contribution in [-0.4, -0.2) is 5.78 Å². The molecule has 0 bridgehead atoms. The molecule has 104 valence electrons. The molecule has 20 heavy (non-hydrogen) atoms. The van der Waals surface area contributed by atoms with E-state index in [1.54, 1.807) is 0 Å². The fourth-order valence-corrected chi connectivity index (χ4v) is 2.72. The molecule has 3 heteroatoms. The van der Waals surface area contributed by atoms with Crippen molar-refractivity contribution in [2.45, 2.75) is 27.7 Å². The van der Waals surface area contributed by atoms with Gasteiger partial charge in [-0.2, -0.15) is 0 Å². The van der Waals surface area contributed by atoms with Crippen molar-refractivity contribution in [3.8, 4) is 0 Å². The van der Waals surface area contributed by atoms with Gasteiger partial charge < -0.3 is 0 Å². The van der Waals surface area contributed by atoms with E-state index in [-0.39, 0.29) is 11.6 Å². The van der Waals surface area contributed by atoms with E-state index < -0.39 is 0 Å². The quantitative estimate of drug-likeness (QED) is 0.702. The highest BCUT2D eigenvalue weighted by molar-refractivity contribution is 9.10. The first-order valence-corrected chi connectivity index (χ1v) is 7.19. The van der Waals surface area contributed by atoms with Gasteiger partial charge in [0.05, 0.1) is 4.47 Å². The summed E-state index contributed by atoms with van der Waals surface area (Å²) in [5.41, 5.74) is 5.38. The van der Waals surface area contributed by atoms with Gasteiger partial charge in [0.25, 0.3) is 0 Å². The van der Waals surface area contributed by atoms with Crippen LogP contribution in [0.15, 0.2) is 28.7 Å². The van der Waals surface area contributed by atoms with Crippen LogP contribution >= 0.6 is 15.9 Å². The lowest BCUT2D eigenvalue weighted by molar-refractivity contribution is 0.103. The summed E-state index contributed by atoms with van der Waals surface area (Å²) in [6.07, 6.45) is 0. The molecule has 2 rings (SSSR count). The number of carbonyl (C=O) groups is 1. The zero-order valence-corrected chi connectivity index (χ0v) is 13.6. The molecule has 0 saturated heterocycles. The predicted molar refractivity (Wildman–Crippen MR) is 82.9 cm³/mol. The van der Waals surface area contributed by atoms with Gasteiger partial charge in [-0.05, 0) is 84.1 Å². The third-order valence-electron chi connectivity index (χ3n) is 3.77. The van der Waals surface area contributed by atoms with Gasteiger partial charge >= 0.3 is 0 Å². The molecule has 0 atom stereocenters. The average molecular weight is 335 g/mol. The van der Waals surface area contributed by atoms with Crippen molar-refractivity contribution >= 4 is 21.7 Å². The molecule has 0 radical (unpaired) electrons. The van der Waals surface area contributed by atoms with Crippen molar-refractivity contribution in [2.75, 3.05) is 0 Å².